The van der Waals surface area contributed by atoms with Crippen LogP contribution in [-0.4, -0.2) is 5.78 Å². The molecule has 0 saturated heterocycles. The number of nitrogens with zero attached hydrogens (tertiary/aromatic N) is 2. The lowest BCUT2D eigenvalue weighted by atomic mass is 9.78. The van der Waals surface area contributed by atoms with Crippen molar-refractivity contribution in [3.05, 3.63) is 34.9 Å². The van der Waals surface area contributed by atoms with Crippen LogP contribution in [0.25, 0.3) is 0 Å². The number of hydrogen-bond acceptors (Lipinski definition) is 3. The Kier molecular flexibility index (Phi) is 4.59. The minimum Gasteiger partial charge on any atom is -0.291 e. The molecule has 0 N–H and O–H groups in total. The number of rotatable bonds is 2. The molecule has 110 valence electrons. The molecule has 0 bridgehead atoms. The highest BCUT2D eigenvalue weighted by Crippen LogP contribution is 2.31. The molecule has 1 rings (SSSR count). The summed E-state index contributed by atoms with van der Waals surface area (Å²) in [7, 11) is 0. The zero-order valence-electron chi connectivity index (χ0n) is 13.6. The van der Waals surface area contributed by atoms with Gasteiger partial charge < -0.3 is 0 Å². The Morgan fingerprint density at radius 2 is 1.29 bits per heavy atom. The maximum Gasteiger partial charge on any atom is 0.195 e. The zero-order chi connectivity index (χ0) is 16.4. The predicted molar refractivity (Wildman–Crippen MR) is 82.9 cm³/mol. The second-order valence-electron chi connectivity index (χ2n) is 7.35. The molecule has 0 unspecified atom stereocenters. The van der Waals surface area contributed by atoms with E-state index in [2.05, 4.69) is 47.6 Å². The van der Waals surface area contributed by atoms with Gasteiger partial charge in [-0.25, -0.2) is 0 Å². The molecule has 0 amide bonds. The highest BCUT2D eigenvalue weighted by atomic mass is 16.1. The largest absolute Gasteiger partial charge is 0.291 e. The van der Waals surface area contributed by atoms with Crippen LogP contribution in [-0.2, 0) is 10.8 Å². The molecule has 0 heterocycles. The fourth-order valence-corrected chi connectivity index (χ4v) is 1.95. The van der Waals surface area contributed by atoms with Gasteiger partial charge in [-0.2, -0.15) is 10.5 Å². The van der Waals surface area contributed by atoms with E-state index >= 15 is 0 Å². The zero-order valence-corrected chi connectivity index (χ0v) is 13.6. The van der Waals surface area contributed by atoms with Crippen molar-refractivity contribution in [3.63, 3.8) is 0 Å². The molecule has 21 heavy (non-hydrogen) atoms. The van der Waals surface area contributed by atoms with E-state index in [-0.39, 0.29) is 10.8 Å². The van der Waals surface area contributed by atoms with E-state index in [9.17, 15) is 4.79 Å². The quantitative estimate of drug-likeness (QED) is 0.766. The van der Waals surface area contributed by atoms with Crippen LogP contribution in [0.15, 0.2) is 18.2 Å². The van der Waals surface area contributed by atoms with Gasteiger partial charge in [0.1, 0.15) is 0 Å². The molecule has 1 aromatic carbocycles. The molecule has 3 nitrogen and oxygen atoms in total. The van der Waals surface area contributed by atoms with Gasteiger partial charge in [0.05, 0.1) is 12.1 Å². The minimum absolute atomic E-state index is 0.106. The fourth-order valence-electron chi connectivity index (χ4n) is 1.95. The van der Waals surface area contributed by atoms with Crippen molar-refractivity contribution in [2.45, 2.75) is 52.4 Å². The van der Waals surface area contributed by atoms with Crippen LogP contribution in [0.1, 0.15) is 63.0 Å². The average Bonchev–Trinajstić information content (AvgIpc) is 2.37. The molecule has 0 atom stereocenters. The number of ketones is 1. The molecule has 0 aliphatic heterocycles. The van der Waals surface area contributed by atoms with Crippen molar-refractivity contribution in [2.24, 2.45) is 5.92 Å². The Bertz CT molecular complexity index is 585. The van der Waals surface area contributed by atoms with E-state index in [1.807, 2.05) is 0 Å². The number of carbonyl (C=O) groups is 1. The van der Waals surface area contributed by atoms with E-state index in [0.717, 1.165) is 11.1 Å². The normalized spacial score (nSPS) is 11.9. The molecule has 0 radical (unpaired) electrons. The summed E-state index contributed by atoms with van der Waals surface area (Å²) in [5.41, 5.74) is 2.30. The molecule has 0 spiro atoms. The smallest absolute Gasteiger partial charge is 0.195 e. The molecular weight excluding hydrogens is 260 g/mol. The van der Waals surface area contributed by atoms with Crippen LogP contribution in [0, 0.1) is 28.6 Å². The maximum absolute atomic E-state index is 12.3. The lowest BCUT2D eigenvalue weighted by Gasteiger charge is -2.26. The summed E-state index contributed by atoms with van der Waals surface area (Å²) in [6.45, 7) is 12.5. The highest BCUT2D eigenvalue weighted by Gasteiger charge is 2.25. The molecule has 0 aliphatic carbocycles. The molecule has 1 aromatic rings. The monoisotopic (exact) mass is 282 g/mol. The van der Waals surface area contributed by atoms with Crippen LogP contribution in [0.4, 0.5) is 0 Å². The standard InChI is InChI=1S/C18H22N2O/c1-17(2,3)14-7-12(16(21)13(10-19)11-20)8-15(9-14)18(4,5)6/h7-9,13H,1-6H3. The van der Waals surface area contributed by atoms with Gasteiger partial charge in [0, 0.05) is 5.56 Å². The van der Waals surface area contributed by atoms with Crippen LogP contribution in [0.3, 0.4) is 0 Å². The van der Waals surface area contributed by atoms with E-state index in [1.54, 1.807) is 24.3 Å². The van der Waals surface area contributed by atoms with E-state index in [4.69, 9.17) is 10.5 Å². The average molecular weight is 282 g/mol. The summed E-state index contributed by atoms with van der Waals surface area (Å²) in [5.74, 6) is -1.66. The second kappa shape index (κ2) is 5.70. The Hall–Kier alpha value is -2.13. The van der Waals surface area contributed by atoms with Gasteiger partial charge >= 0.3 is 0 Å². The second-order valence-corrected chi connectivity index (χ2v) is 7.35. The van der Waals surface area contributed by atoms with E-state index < -0.39 is 11.7 Å². The Morgan fingerprint density at radius 3 is 1.57 bits per heavy atom. The van der Waals surface area contributed by atoms with E-state index in [0.29, 0.717) is 5.56 Å². The molecular formula is C18H22N2O. The summed E-state index contributed by atoms with van der Waals surface area (Å²) < 4.78 is 0. The van der Waals surface area contributed by atoms with Crippen LogP contribution >= 0.6 is 0 Å². The van der Waals surface area contributed by atoms with Crippen LogP contribution < -0.4 is 0 Å². The Balaban J connectivity index is 3.51. The van der Waals surface area contributed by atoms with Gasteiger partial charge in [-0.3, -0.25) is 4.79 Å². The number of hydrogen-bond donors (Lipinski definition) is 0. The van der Waals surface area contributed by atoms with Crippen molar-refractivity contribution < 1.29 is 4.79 Å². The van der Waals surface area contributed by atoms with Gasteiger partial charge in [-0.15, -0.1) is 0 Å². The number of Topliss-reactive ketones (excluding diaryl/α,β-unsaturated/α-hetero) is 1. The number of nitriles is 2. The van der Waals surface area contributed by atoms with Gasteiger partial charge in [-0.05, 0) is 34.1 Å². The number of benzene rings is 1. The van der Waals surface area contributed by atoms with E-state index in [1.165, 1.54) is 0 Å². The predicted octanol–water partition coefficient (Wildman–Crippen LogP) is 4.13. The minimum atomic E-state index is -1.24. The van der Waals surface area contributed by atoms with Crippen molar-refractivity contribution in [2.75, 3.05) is 0 Å². The van der Waals surface area contributed by atoms with Crippen molar-refractivity contribution in [1.29, 1.82) is 10.5 Å². The third kappa shape index (κ3) is 3.92. The first-order valence-electron chi connectivity index (χ1n) is 7.00. The first-order valence-corrected chi connectivity index (χ1v) is 7.00. The van der Waals surface area contributed by atoms with Gasteiger partial charge in [-0.1, -0.05) is 47.6 Å². The molecule has 0 fully saturated rings. The van der Waals surface area contributed by atoms with Gasteiger partial charge in [0.2, 0.25) is 0 Å². The lowest BCUT2D eigenvalue weighted by Crippen LogP contribution is -2.19. The van der Waals surface area contributed by atoms with Crippen molar-refractivity contribution >= 4 is 5.78 Å². The molecule has 0 aliphatic rings. The summed E-state index contributed by atoms with van der Waals surface area (Å²) in [4.78, 5) is 12.3. The highest BCUT2D eigenvalue weighted by molar-refractivity contribution is 6.01. The first kappa shape index (κ1) is 16.9. The third-order valence-corrected chi connectivity index (χ3v) is 3.47. The van der Waals surface area contributed by atoms with Gasteiger partial charge in [0.15, 0.2) is 11.7 Å². The summed E-state index contributed by atoms with van der Waals surface area (Å²) in [6, 6.07) is 9.22. The lowest BCUT2D eigenvalue weighted by molar-refractivity contribution is 0.0970. The Labute approximate surface area is 127 Å². The first-order chi connectivity index (χ1) is 9.50. The van der Waals surface area contributed by atoms with Crippen LogP contribution in [0.5, 0.6) is 0 Å². The molecule has 3 heteroatoms. The summed E-state index contributed by atoms with van der Waals surface area (Å²) in [6.07, 6.45) is 0. The van der Waals surface area contributed by atoms with Crippen molar-refractivity contribution in [3.8, 4) is 12.1 Å². The molecule has 0 aromatic heterocycles. The maximum atomic E-state index is 12.3. The van der Waals surface area contributed by atoms with Crippen molar-refractivity contribution in [1.82, 2.24) is 0 Å². The SMILES string of the molecule is CC(C)(C)c1cc(C(=O)C(C#N)C#N)cc(C(C)(C)C)c1. The summed E-state index contributed by atoms with van der Waals surface area (Å²) in [5, 5.41) is 17.8. The van der Waals surface area contributed by atoms with Crippen LogP contribution in [0.2, 0.25) is 0 Å². The molecule has 0 saturated carbocycles. The number of carbonyl (C=O) groups excluding carboxylic acids is 1. The topological polar surface area (TPSA) is 64.7 Å². The third-order valence-electron chi connectivity index (χ3n) is 3.47. The Morgan fingerprint density at radius 1 is 0.905 bits per heavy atom. The summed E-state index contributed by atoms with van der Waals surface area (Å²) >= 11 is 0. The van der Waals surface area contributed by atoms with Gasteiger partial charge in [0.25, 0.3) is 0 Å². The fraction of sp³-hybridized carbons (Fsp3) is 0.500.